The number of rotatable bonds is 9. The Morgan fingerprint density at radius 1 is 1.32 bits per heavy atom. The normalized spacial score (nSPS) is 13.6. The molecule has 1 aromatic heterocycles. The molecule has 0 bridgehead atoms. The van der Waals surface area contributed by atoms with E-state index in [2.05, 4.69) is 24.5 Å². The number of hydrogen-bond donors (Lipinski definition) is 0. The third kappa shape index (κ3) is 4.49. The number of thiazole rings is 1. The van der Waals surface area contributed by atoms with Gasteiger partial charge in [0.2, 0.25) is 5.12 Å². The van der Waals surface area contributed by atoms with Crippen LogP contribution in [0.15, 0.2) is 28.6 Å². The highest BCUT2D eigenvalue weighted by Crippen LogP contribution is 2.47. The minimum Gasteiger partial charge on any atom is -0.344 e. The van der Waals surface area contributed by atoms with Crippen LogP contribution in [0.5, 0.6) is 0 Å². The number of fused-ring (bicyclic) bond motifs is 1. The smallest absolute Gasteiger partial charge is 0.227 e. The summed E-state index contributed by atoms with van der Waals surface area (Å²) in [5.74, 6) is 0. The average Bonchev–Trinajstić information content (AvgIpc) is 2.99. The number of benzene rings is 1. The van der Waals surface area contributed by atoms with Crippen molar-refractivity contribution >= 4 is 52.7 Å². The molecule has 120 valence electrons. The summed E-state index contributed by atoms with van der Waals surface area (Å²) in [6.45, 7) is 4.47. The summed E-state index contributed by atoms with van der Waals surface area (Å²) in [4.78, 5) is 4.66. The van der Waals surface area contributed by atoms with Gasteiger partial charge in [0.15, 0.2) is 4.34 Å². The molecule has 3 nitrogen and oxygen atoms in total. The SMILES string of the molecule is CCC(CC(OC)(OC)SSc1nc2ccccc2s1)[Si]C. The molecular formula is C15H21NO2S3Si. The van der Waals surface area contributed by atoms with Gasteiger partial charge >= 0.3 is 0 Å². The number of aromatic nitrogens is 1. The van der Waals surface area contributed by atoms with Gasteiger partial charge < -0.3 is 9.47 Å². The van der Waals surface area contributed by atoms with Gasteiger partial charge in [0.25, 0.3) is 0 Å². The zero-order valence-electron chi connectivity index (χ0n) is 13.3. The molecule has 1 heterocycles. The number of methoxy groups -OCH3 is 2. The molecule has 1 atom stereocenters. The summed E-state index contributed by atoms with van der Waals surface area (Å²) in [6.07, 6.45) is 2.05. The fraction of sp³-hybridized carbons (Fsp3) is 0.533. The molecule has 2 aromatic rings. The molecule has 0 N–H and O–H groups in total. The van der Waals surface area contributed by atoms with E-state index in [1.807, 2.05) is 18.2 Å². The predicted octanol–water partition coefficient (Wildman–Crippen LogP) is 5.32. The third-order valence-electron chi connectivity index (χ3n) is 3.53. The van der Waals surface area contributed by atoms with Gasteiger partial charge in [-0.25, -0.2) is 4.98 Å². The molecular weight excluding hydrogens is 350 g/mol. The Hall–Kier alpha value is -0.0531. The van der Waals surface area contributed by atoms with E-state index >= 15 is 0 Å². The van der Waals surface area contributed by atoms with Crippen molar-refractivity contribution < 1.29 is 9.47 Å². The van der Waals surface area contributed by atoms with E-state index < -0.39 is 5.12 Å². The first-order chi connectivity index (χ1) is 10.7. The highest BCUT2D eigenvalue weighted by atomic mass is 33.1. The van der Waals surface area contributed by atoms with Crippen LogP contribution >= 0.6 is 32.9 Å². The van der Waals surface area contributed by atoms with Crippen molar-refractivity contribution in [2.45, 2.75) is 41.3 Å². The van der Waals surface area contributed by atoms with Crippen LogP contribution < -0.4 is 0 Å². The van der Waals surface area contributed by atoms with E-state index in [-0.39, 0.29) is 0 Å². The Labute approximate surface area is 146 Å². The maximum Gasteiger partial charge on any atom is 0.227 e. The first kappa shape index (κ1) is 18.3. The standard InChI is InChI=1S/C15H21NO2S3Si/c1-5-11(22-4)10-15(17-2,18-3)21-20-14-16-12-8-6-7-9-13(12)19-14/h6-9,11H,5,10H2,1-4H3. The monoisotopic (exact) mass is 371 g/mol. The lowest BCUT2D eigenvalue weighted by atomic mass is 10.2. The van der Waals surface area contributed by atoms with Crippen molar-refractivity contribution in [1.82, 2.24) is 4.98 Å². The second-order valence-corrected chi connectivity index (χ2v) is 9.83. The van der Waals surface area contributed by atoms with E-state index in [1.54, 1.807) is 47.1 Å². The molecule has 7 heteroatoms. The van der Waals surface area contributed by atoms with E-state index in [0.29, 0.717) is 5.54 Å². The van der Waals surface area contributed by atoms with Crippen molar-refractivity contribution in [3.8, 4) is 0 Å². The van der Waals surface area contributed by atoms with Gasteiger partial charge in [-0.3, -0.25) is 0 Å². The van der Waals surface area contributed by atoms with Gasteiger partial charge in [0, 0.05) is 30.2 Å². The van der Waals surface area contributed by atoms with Crippen LogP contribution in [0.3, 0.4) is 0 Å². The fourth-order valence-electron chi connectivity index (χ4n) is 2.09. The van der Waals surface area contributed by atoms with Gasteiger partial charge in [-0.2, -0.15) is 0 Å². The van der Waals surface area contributed by atoms with E-state index in [0.717, 1.165) is 32.2 Å². The second kappa shape index (κ2) is 8.70. The molecule has 0 aliphatic carbocycles. The number of nitrogens with zero attached hydrogens (tertiary/aromatic N) is 1. The molecule has 0 spiro atoms. The van der Waals surface area contributed by atoms with E-state index in [9.17, 15) is 0 Å². The van der Waals surface area contributed by atoms with E-state index in [1.165, 1.54) is 4.70 Å². The number of hydrogen-bond acceptors (Lipinski definition) is 6. The molecule has 0 aliphatic rings. The Balaban J connectivity index is 2.07. The summed E-state index contributed by atoms with van der Waals surface area (Å²) >= 11 is 1.71. The lowest BCUT2D eigenvalue weighted by Gasteiger charge is -2.31. The lowest BCUT2D eigenvalue weighted by molar-refractivity contribution is -0.137. The molecule has 0 saturated heterocycles. The maximum atomic E-state index is 5.72. The minimum absolute atomic E-state index is 0.605. The van der Waals surface area contributed by atoms with Gasteiger partial charge in [0.05, 0.1) is 10.2 Å². The summed E-state index contributed by atoms with van der Waals surface area (Å²) in [6, 6.07) is 8.22. The first-order valence-corrected chi connectivity index (χ1v) is 11.7. The highest BCUT2D eigenvalue weighted by molar-refractivity contribution is 8.77. The molecule has 0 amide bonds. The molecule has 1 aromatic carbocycles. The number of ether oxygens (including phenoxy) is 2. The van der Waals surface area contributed by atoms with Crippen molar-refractivity contribution in [3.63, 3.8) is 0 Å². The zero-order chi connectivity index (χ0) is 16.0. The molecule has 0 saturated carbocycles. The summed E-state index contributed by atoms with van der Waals surface area (Å²) in [7, 11) is 7.61. The van der Waals surface area contributed by atoms with Crippen molar-refractivity contribution in [1.29, 1.82) is 0 Å². The van der Waals surface area contributed by atoms with Gasteiger partial charge in [0.1, 0.15) is 0 Å². The predicted molar refractivity (Wildman–Crippen MR) is 100 cm³/mol. The van der Waals surface area contributed by atoms with E-state index in [4.69, 9.17) is 9.47 Å². The van der Waals surface area contributed by atoms with Crippen LogP contribution in [0.2, 0.25) is 12.1 Å². The van der Waals surface area contributed by atoms with Crippen LogP contribution in [-0.4, -0.2) is 33.8 Å². The molecule has 0 aliphatic heterocycles. The third-order valence-corrected chi connectivity index (χ3v) is 9.17. The van der Waals surface area contributed by atoms with Crippen LogP contribution in [0.4, 0.5) is 0 Å². The van der Waals surface area contributed by atoms with Crippen LogP contribution in [-0.2, 0) is 9.47 Å². The Bertz CT molecular complexity index is 552. The van der Waals surface area contributed by atoms with Crippen LogP contribution in [0, 0.1) is 0 Å². The first-order valence-electron chi connectivity index (χ1n) is 7.15. The van der Waals surface area contributed by atoms with Crippen molar-refractivity contribution in [2.75, 3.05) is 14.2 Å². The zero-order valence-corrected chi connectivity index (χ0v) is 16.7. The second-order valence-electron chi connectivity index (χ2n) is 4.80. The molecule has 2 radical (unpaired) electrons. The largest absolute Gasteiger partial charge is 0.344 e. The lowest BCUT2D eigenvalue weighted by Crippen LogP contribution is -2.31. The number of para-hydroxylation sites is 1. The highest BCUT2D eigenvalue weighted by Gasteiger charge is 2.34. The molecule has 0 fully saturated rings. The van der Waals surface area contributed by atoms with Crippen molar-refractivity contribution in [2.24, 2.45) is 0 Å². The summed E-state index contributed by atoms with van der Waals surface area (Å²) in [5.41, 5.74) is 1.68. The van der Waals surface area contributed by atoms with Gasteiger partial charge in [-0.15, -0.1) is 11.3 Å². The van der Waals surface area contributed by atoms with Gasteiger partial charge in [-0.1, -0.05) is 32.0 Å². The Kier molecular flexibility index (Phi) is 7.23. The average molecular weight is 372 g/mol. The Morgan fingerprint density at radius 2 is 2.05 bits per heavy atom. The fourth-order valence-corrected chi connectivity index (χ4v) is 6.89. The van der Waals surface area contributed by atoms with Crippen LogP contribution in [0.25, 0.3) is 10.2 Å². The summed E-state index contributed by atoms with van der Waals surface area (Å²) < 4.78 is 13.7. The molecule has 1 unspecified atom stereocenters. The minimum atomic E-state index is -0.605. The maximum absolute atomic E-state index is 5.72. The van der Waals surface area contributed by atoms with Gasteiger partial charge in [-0.05, 0) is 39.3 Å². The quantitative estimate of drug-likeness (QED) is 0.338. The van der Waals surface area contributed by atoms with Crippen LogP contribution in [0.1, 0.15) is 19.8 Å². The summed E-state index contributed by atoms with van der Waals surface area (Å²) in [5, 5.41) is -0.605. The molecule has 22 heavy (non-hydrogen) atoms. The topological polar surface area (TPSA) is 31.4 Å². The Morgan fingerprint density at radius 3 is 2.64 bits per heavy atom. The van der Waals surface area contributed by atoms with Crippen molar-refractivity contribution in [3.05, 3.63) is 24.3 Å². The molecule has 2 rings (SSSR count).